The van der Waals surface area contributed by atoms with Crippen LogP contribution >= 0.6 is 0 Å². The number of benzene rings is 1. The highest BCUT2D eigenvalue weighted by molar-refractivity contribution is 5.82. The summed E-state index contributed by atoms with van der Waals surface area (Å²) in [4.78, 5) is 4.34. The molecule has 0 radical (unpaired) electrons. The number of nitriles is 1. The van der Waals surface area contributed by atoms with E-state index in [2.05, 4.69) is 11.1 Å². The van der Waals surface area contributed by atoms with Crippen LogP contribution in [0.4, 0.5) is 0 Å². The van der Waals surface area contributed by atoms with Crippen molar-refractivity contribution in [3.05, 3.63) is 29.8 Å². The molecule has 0 aliphatic carbocycles. The van der Waals surface area contributed by atoms with Crippen LogP contribution in [0.25, 0.3) is 10.9 Å². The van der Waals surface area contributed by atoms with Crippen LogP contribution < -0.4 is 9.47 Å². The summed E-state index contributed by atoms with van der Waals surface area (Å²) >= 11 is 0. The van der Waals surface area contributed by atoms with Gasteiger partial charge in [0.25, 0.3) is 0 Å². The van der Waals surface area contributed by atoms with E-state index >= 15 is 0 Å². The summed E-state index contributed by atoms with van der Waals surface area (Å²) in [6.07, 6.45) is 0. The van der Waals surface area contributed by atoms with E-state index in [1.807, 2.05) is 32.0 Å². The predicted octanol–water partition coefficient (Wildman–Crippen LogP) is 2.90. The Bertz CT molecular complexity index is 603. The topological polar surface area (TPSA) is 55.1 Å². The van der Waals surface area contributed by atoms with Crippen molar-refractivity contribution in [2.24, 2.45) is 0 Å². The second-order valence-electron chi connectivity index (χ2n) is 3.67. The molecule has 0 saturated heterocycles. The van der Waals surface area contributed by atoms with Crippen LogP contribution in [0.3, 0.4) is 0 Å². The summed E-state index contributed by atoms with van der Waals surface area (Å²) < 4.78 is 10.8. The Labute approximate surface area is 106 Å². The van der Waals surface area contributed by atoms with Gasteiger partial charge in [-0.1, -0.05) is 0 Å². The molecule has 0 saturated carbocycles. The van der Waals surface area contributed by atoms with Gasteiger partial charge in [-0.15, -0.1) is 0 Å². The van der Waals surface area contributed by atoms with Gasteiger partial charge < -0.3 is 9.47 Å². The van der Waals surface area contributed by atoms with E-state index in [4.69, 9.17) is 14.7 Å². The van der Waals surface area contributed by atoms with Crippen LogP contribution in [0.5, 0.6) is 11.6 Å². The van der Waals surface area contributed by atoms with Gasteiger partial charge in [0.05, 0.1) is 18.7 Å². The smallest absolute Gasteiger partial charge is 0.232 e. The van der Waals surface area contributed by atoms with E-state index in [0.717, 1.165) is 16.7 Å². The van der Waals surface area contributed by atoms with Crippen LogP contribution in [0, 0.1) is 11.3 Å². The zero-order valence-electron chi connectivity index (χ0n) is 10.4. The molecular formula is C14H14N2O2. The second-order valence-corrected chi connectivity index (χ2v) is 3.67. The molecule has 1 aromatic heterocycles. The van der Waals surface area contributed by atoms with Crippen LogP contribution in [0.2, 0.25) is 0 Å². The molecule has 0 spiro atoms. The number of nitrogens with zero attached hydrogens (tertiary/aromatic N) is 2. The highest BCUT2D eigenvalue weighted by atomic mass is 16.5. The zero-order chi connectivity index (χ0) is 13.0. The van der Waals surface area contributed by atoms with Crippen molar-refractivity contribution in [1.82, 2.24) is 4.98 Å². The molecule has 0 fully saturated rings. The van der Waals surface area contributed by atoms with Crippen molar-refractivity contribution < 1.29 is 9.47 Å². The molecule has 0 unspecified atom stereocenters. The zero-order valence-corrected chi connectivity index (χ0v) is 10.4. The monoisotopic (exact) mass is 242 g/mol. The third-order valence-corrected chi connectivity index (χ3v) is 2.46. The minimum Gasteiger partial charge on any atom is -0.494 e. The van der Waals surface area contributed by atoms with Gasteiger partial charge in [0.15, 0.2) is 0 Å². The lowest BCUT2D eigenvalue weighted by Gasteiger charge is -2.08. The van der Waals surface area contributed by atoms with Gasteiger partial charge in [-0.05, 0) is 38.1 Å². The first-order chi connectivity index (χ1) is 8.78. The fourth-order valence-corrected chi connectivity index (χ4v) is 1.72. The Hall–Kier alpha value is -2.28. The van der Waals surface area contributed by atoms with Crippen LogP contribution in [0.15, 0.2) is 24.3 Å². The van der Waals surface area contributed by atoms with Gasteiger partial charge in [-0.2, -0.15) is 5.26 Å². The van der Waals surface area contributed by atoms with Gasteiger partial charge in [0.1, 0.15) is 17.4 Å². The quantitative estimate of drug-likeness (QED) is 0.827. The van der Waals surface area contributed by atoms with Crippen molar-refractivity contribution in [3.63, 3.8) is 0 Å². The first kappa shape index (κ1) is 12.2. The third-order valence-electron chi connectivity index (χ3n) is 2.46. The molecule has 0 aliphatic heterocycles. The fraction of sp³-hybridized carbons (Fsp3) is 0.286. The number of ether oxygens (including phenoxy) is 2. The van der Waals surface area contributed by atoms with Gasteiger partial charge in [0.2, 0.25) is 5.88 Å². The average molecular weight is 242 g/mol. The first-order valence-electron chi connectivity index (χ1n) is 5.89. The lowest BCUT2D eigenvalue weighted by molar-refractivity contribution is 0.327. The Morgan fingerprint density at radius 3 is 2.61 bits per heavy atom. The number of hydrogen-bond acceptors (Lipinski definition) is 4. The molecule has 18 heavy (non-hydrogen) atoms. The van der Waals surface area contributed by atoms with Crippen molar-refractivity contribution >= 4 is 10.9 Å². The van der Waals surface area contributed by atoms with E-state index in [1.165, 1.54) is 0 Å². The minimum atomic E-state index is 0.386. The Kier molecular flexibility index (Phi) is 3.63. The summed E-state index contributed by atoms with van der Waals surface area (Å²) in [7, 11) is 0. The van der Waals surface area contributed by atoms with E-state index in [0.29, 0.717) is 24.7 Å². The average Bonchev–Trinajstić information content (AvgIpc) is 2.39. The van der Waals surface area contributed by atoms with Crippen LogP contribution in [0.1, 0.15) is 19.4 Å². The molecule has 0 amide bonds. The molecule has 4 nitrogen and oxygen atoms in total. The van der Waals surface area contributed by atoms with E-state index in [-0.39, 0.29) is 0 Å². The fourth-order valence-electron chi connectivity index (χ4n) is 1.72. The highest BCUT2D eigenvalue weighted by Gasteiger charge is 2.08. The normalized spacial score (nSPS) is 10.1. The molecule has 1 aromatic carbocycles. The lowest BCUT2D eigenvalue weighted by atomic mass is 10.1. The number of rotatable bonds is 4. The number of pyridine rings is 1. The summed E-state index contributed by atoms with van der Waals surface area (Å²) in [5.41, 5.74) is 1.24. The first-order valence-corrected chi connectivity index (χ1v) is 5.89. The van der Waals surface area contributed by atoms with Gasteiger partial charge in [-0.3, -0.25) is 0 Å². The molecule has 92 valence electrons. The molecule has 0 N–H and O–H groups in total. The maximum atomic E-state index is 9.08. The van der Waals surface area contributed by atoms with Crippen LogP contribution in [-0.4, -0.2) is 18.2 Å². The van der Waals surface area contributed by atoms with Crippen molar-refractivity contribution in [3.8, 4) is 17.7 Å². The third kappa shape index (κ3) is 2.35. The molecule has 0 aliphatic rings. The largest absolute Gasteiger partial charge is 0.494 e. The standard InChI is InChI=1S/C14H14N2O2/c1-3-17-12-5-6-13-10(8-12)7-11(9-15)14(16-13)18-4-2/h5-8H,3-4H2,1-2H3. The number of hydrogen-bond donors (Lipinski definition) is 0. The Balaban J connectivity index is 2.53. The van der Waals surface area contributed by atoms with Crippen molar-refractivity contribution in [2.45, 2.75) is 13.8 Å². The Morgan fingerprint density at radius 1 is 1.17 bits per heavy atom. The summed E-state index contributed by atoms with van der Waals surface area (Å²) in [6, 6.07) is 9.47. The lowest BCUT2D eigenvalue weighted by Crippen LogP contribution is -1.98. The number of aromatic nitrogens is 1. The minimum absolute atomic E-state index is 0.386. The number of fused-ring (bicyclic) bond motifs is 1. The molecular weight excluding hydrogens is 228 g/mol. The second kappa shape index (κ2) is 5.37. The van der Waals surface area contributed by atoms with Gasteiger partial charge >= 0.3 is 0 Å². The van der Waals surface area contributed by atoms with Gasteiger partial charge in [0, 0.05) is 5.39 Å². The maximum absolute atomic E-state index is 9.08. The van der Waals surface area contributed by atoms with E-state index in [1.54, 1.807) is 6.07 Å². The Morgan fingerprint density at radius 2 is 1.94 bits per heavy atom. The van der Waals surface area contributed by atoms with Crippen molar-refractivity contribution in [1.29, 1.82) is 5.26 Å². The molecule has 2 aromatic rings. The molecule has 4 heteroatoms. The summed E-state index contributed by atoms with van der Waals surface area (Å²) in [6.45, 7) is 4.90. The summed E-state index contributed by atoms with van der Waals surface area (Å²) in [5.74, 6) is 1.16. The van der Waals surface area contributed by atoms with E-state index in [9.17, 15) is 0 Å². The maximum Gasteiger partial charge on any atom is 0.232 e. The molecule has 0 atom stereocenters. The predicted molar refractivity (Wildman–Crippen MR) is 68.8 cm³/mol. The molecule has 2 rings (SSSR count). The van der Waals surface area contributed by atoms with Gasteiger partial charge in [-0.25, -0.2) is 4.98 Å². The highest BCUT2D eigenvalue weighted by Crippen LogP contribution is 2.25. The molecule has 0 bridgehead atoms. The molecule has 1 heterocycles. The summed E-state index contributed by atoms with van der Waals surface area (Å²) in [5, 5.41) is 9.95. The van der Waals surface area contributed by atoms with Crippen molar-refractivity contribution in [2.75, 3.05) is 13.2 Å². The SMILES string of the molecule is CCOc1ccc2nc(OCC)c(C#N)cc2c1. The van der Waals surface area contributed by atoms with E-state index < -0.39 is 0 Å². The van der Waals surface area contributed by atoms with Crippen LogP contribution in [-0.2, 0) is 0 Å².